The number of carbonyl (C=O) groups is 1. The van der Waals surface area contributed by atoms with E-state index in [1.807, 2.05) is 0 Å². The second-order valence-corrected chi connectivity index (χ2v) is 6.32. The Morgan fingerprint density at radius 1 is 1.14 bits per heavy atom. The van der Waals surface area contributed by atoms with E-state index in [9.17, 15) is 9.90 Å². The van der Waals surface area contributed by atoms with Gasteiger partial charge in [0, 0.05) is 26.2 Å². The van der Waals surface area contributed by atoms with Crippen LogP contribution in [0.25, 0.3) is 0 Å². The Balaban J connectivity index is 1.97. The highest BCUT2D eigenvalue weighted by Crippen LogP contribution is 2.14. The first-order valence-corrected chi connectivity index (χ1v) is 8.33. The van der Waals surface area contributed by atoms with E-state index in [0.29, 0.717) is 6.42 Å². The maximum absolute atomic E-state index is 11.6. The number of likely N-dealkylation sites (N-methyl/N-ethyl adjacent to an activating group) is 1. The summed E-state index contributed by atoms with van der Waals surface area (Å²) in [7, 11) is 2.09. The number of hydrogen-bond donors (Lipinski definition) is 1. The number of aryl methyl sites for hydroxylation is 1. The fourth-order valence-electron chi connectivity index (χ4n) is 2.95. The Hall–Kier alpha value is -1.39. The lowest BCUT2D eigenvalue weighted by Crippen LogP contribution is -2.52. The molecule has 0 radical (unpaired) electrons. The van der Waals surface area contributed by atoms with E-state index in [4.69, 9.17) is 0 Å². The Morgan fingerprint density at radius 2 is 1.73 bits per heavy atom. The largest absolute Gasteiger partial charge is 0.480 e. The topological polar surface area (TPSA) is 43.8 Å². The second kappa shape index (κ2) is 8.30. The number of carboxylic acid groups (broad SMARTS) is 1. The SMILES string of the molecule is CCCCc1ccc(C[C@@H](C(=O)O)N2CCN(C)CC2)cc1. The van der Waals surface area contributed by atoms with Gasteiger partial charge >= 0.3 is 5.97 Å². The monoisotopic (exact) mass is 304 g/mol. The summed E-state index contributed by atoms with van der Waals surface area (Å²) >= 11 is 0. The average Bonchev–Trinajstić information content (AvgIpc) is 2.52. The molecule has 0 amide bonds. The van der Waals surface area contributed by atoms with Crippen molar-refractivity contribution in [2.75, 3.05) is 33.2 Å². The van der Waals surface area contributed by atoms with Gasteiger partial charge in [-0.3, -0.25) is 9.69 Å². The summed E-state index contributed by atoms with van der Waals surface area (Å²) in [6.07, 6.45) is 4.11. The highest BCUT2D eigenvalue weighted by Gasteiger charge is 2.28. The molecule has 22 heavy (non-hydrogen) atoms. The summed E-state index contributed by atoms with van der Waals surface area (Å²) in [6.45, 7) is 5.76. The van der Waals surface area contributed by atoms with Crippen molar-refractivity contribution in [3.63, 3.8) is 0 Å². The van der Waals surface area contributed by atoms with Crippen LogP contribution in [0.15, 0.2) is 24.3 Å². The predicted octanol–water partition coefficient (Wildman–Crippen LogP) is 2.27. The van der Waals surface area contributed by atoms with Crippen molar-refractivity contribution >= 4 is 5.97 Å². The molecule has 1 atom stereocenters. The Kier molecular flexibility index (Phi) is 6.40. The Labute approximate surface area is 133 Å². The number of unbranched alkanes of at least 4 members (excludes halogenated alkanes) is 1. The minimum atomic E-state index is -0.709. The van der Waals surface area contributed by atoms with E-state index in [-0.39, 0.29) is 0 Å². The third-order valence-corrected chi connectivity index (χ3v) is 4.53. The normalized spacial score (nSPS) is 18.3. The van der Waals surface area contributed by atoms with Gasteiger partial charge in [0.1, 0.15) is 6.04 Å². The lowest BCUT2D eigenvalue weighted by atomic mass is 10.0. The third kappa shape index (κ3) is 4.82. The van der Waals surface area contributed by atoms with E-state index in [1.54, 1.807) is 0 Å². The number of rotatable bonds is 7. The number of nitrogens with zero attached hydrogens (tertiary/aromatic N) is 2. The lowest BCUT2D eigenvalue weighted by Gasteiger charge is -2.36. The molecule has 0 saturated carbocycles. The molecule has 1 saturated heterocycles. The molecule has 2 rings (SSSR count). The van der Waals surface area contributed by atoms with Crippen LogP contribution >= 0.6 is 0 Å². The van der Waals surface area contributed by atoms with Crippen molar-refractivity contribution in [3.05, 3.63) is 35.4 Å². The third-order valence-electron chi connectivity index (χ3n) is 4.53. The van der Waals surface area contributed by atoms with Crippen molar-refractivity contribution in [2.45, 2.75) is 38.6 Å². The molecule has 1 fully saturated rings. The summed E-state index contributed by atoms with van der Waals surface area (Å²) in [5.74, 6) is -0.709. The van der Waals surface area contributed by atoms with Crippen molar-refractivity contribution in [3.8, 4) is 0 Å². The predicted molar refractivity (Wildman–Crippen MR) is 89.3 cm³/mol. The van der Waals surface area contributed by atoms with Crippen LogP contribution in [0.1, 0.15) is 30.9 Å². The van der Waals surface area contributed by atoms with Crippen molar-refractivity contribution in [2.24, 2.45) is 0 Å². The number of benzene rings is 1. The fraction of sp³-hybridized carbons (Fsp3) is 0.611. The van der Waals surface area contributed by atoms with Crippen LogP contribution in [0.2, 0.25) is 0 Å². The molecule has 4 nitrogen and oxygen atoms in total. The van der Waals surface area contributed by atoms with E-state index < -0.39 is 12.0 Å². The zero-order valence-corrected chi connectivity index (χ0v) is 13.8. The van der Waals surface area contributed by atoms with Crippen LogP contribution in [0.4, 0.5) is 0 Å². The minimum absolute atomic E-state index is 0.407. The number of hydrogen-bond acceptors (Lipinski definition) is 3. The van der Waals surface area contributed by atoms with Crippen LogP contribution in [0.3, 0.4) is 0 Å². The quantitative estimate of drug-likeness (QED) is 0.839. The maximum atomic E-state index is 11.6. The molecule has 0 spiro atoms. The first-order chi connectivity index (χ1) is 10.6. The maximum Gasteiger partial charge on any atom is 0.321 e. The molecule has 1 heterocycles. The summed E-state index contributed by atoms with van der Waals surface area (Å²) < 4.78 is 0. The molecule has 0 aromatic heterocycles. The standard InChI is InChI=1S/C18H28N2O2/c1-3-4-5-15-6-8-16(9-7-15)14-17(18(21)22)20-12-10-19(2)11-13-20/h6-9,17H,3-5,10-14H2,1-2H3,(H,21,22)/t17-/m0/s1. The average molecular weight is 304 g/mol. The summed E-state index contributed by atoms with van der Waals surface area (Å²) in [6, 6.07) is 8.07. The van der Waals surface area contributed by atoms with Gasteiger partial charge in [-0.1, -0.05) is 37.6 Å². The summed E-state index contributed by atoms with van der Waals surface area (Å²) in [4.78, 5) is 16.0. The molecule has 1 N–H and O–H groups in total. The van der Waals surface area contributed by atoms with Gasteiger partial charge in [-0.25, -0.2) is 0 Å². The van der Waals surface area contributed by atoms with Gasteiger partial charge in [0.15, 0.2) is 0 Å². The van der Waals surface area contributed by atoms with Crippen LogP contribution in [0.5, 0.6) is 0 Å². The molecule has 1 aromatic carbocycles. The zero-order chi connectivity index (χ0) is 15.9. The van der Waals surface area contributed by atoms with Gasteiger partial charge in [0.05, 0.1) is 0 Å². The van der Waals surface area contributed by atoms with Gasteiger partial charge in [0.25, 0.3) is 0 Å². The zero-order valence-electron chi connectivity index (χ0n) is 13.8. The minimum Gasteiger partial charge on any atom is -0.480 e. The van der Waals surface area contributed by atoms with Gasteiger partial charge in [0.2, 0.25) is 0 Å². The number of carboxylic acids is 1. The van der Waals surface area contributed by atoms with Crippen molar-refractivity contribution in [1.29, 1.82) is 0 Å². The lowest BCUT2D eigenvalue weighted by molar-refractivity contribution is -0.144. The fourth-order valence-corrected chi connectivity index (χ4v) is 2.95. The van der Waals surface area contributed by atoms with Gasteiger partial charge in [-0.2, -0.15) is 0 Å². The molecule has 1 aliphatic rings. The van der Waals surface area contributed by atoms with Crippen molar-refractivity contribution < 1.29 is 9.90 Å². The molecule has 0 aliphatic carbocycles. The number of piperazine rings is 1. The molecule has 0 bridgehead atoms. The number of aliphatic carboxylic acids is 1. The Morgan fingerprint density at radius 3 is 2.27 bits per heavy atom. The van der Waals surface area contributed by atoms with Crippen molar-refractivity contribution in [1.82, 2.24) is 9.80 Å². The summed E-state index contributed by atoms with van der Waals surface area (Å²) in [5.41, 5.74) is 2.46. The molecule has 4 heteroatoms. The van der Waals surface area contributed by atoms with E-state index >= 15 is 0 Å². The van der Waals surface area contributed by atoms with E-state index in [0.717, 1.165) is 38.2 Å². The van der Waals surface area contributed by atoms with E-state index in [2.05, 4.69) is 48.0 Å². The molecular formula is C18H28N2O2. The highest BCUT2D eigenvalue weighted by molar-refractivity contribution is 5.74. The molecule has 0 unspecified atom stereocenters. The highest BCUT2D eigenvalue weighted by atomic mass is 16.4. The molecular weight excluding hydrogens is 276 g/mol. The van der Waals surface area contributed by atoms with Crippen LogP contribution in [0, 0.1) is 0 Å². The first-order valence-electron chi connectivity index (χ1n) is 8.33. The smallest absolute Gasteiger partial charge is 0.321 e. The van der Waals surface area contributed by atoms with Gasteiger partial charge in [-0.05, 0) is 37.4 Å². The van der Waals surface area contributed by atoms with E-state index in [1.165, 1.54) is 18.4 Å². The molecule has 1 aliphatic heterocycles. The Bertz CT molecular complexity index is 464. The van der Waals surface area contributed by atoms with Gasteiger partial charge in [-0.15, -0.1) is 0 Å². The van der Waals surface area contributed by atoms with Gasteiger partial charge < -0.3 is 10.0 Å². The molecule has 1 aromatic rings. The summed E-state index contributed by atoms with van der Waals surface area (Å²) in [5, 5.41) is 9.57. The van der Waals surface area contributed by atoms with Crippen LogP contribution < -0.4 is 0 Å². The second-order valence-electron chi connectivity index (χ2n) is 6.32. The van der Waals surface area contributed by atoms with Crippen LogP contribution in [-0.2, 0) is 17.6 Å². The first kappa shape index (κ1) is 17.0. The van der Waals surface area contributed by atoms with Crippen LogP contribution in [-0.4, -0.2) is 60.1 Å². The molecule has 122 valence electrons.